The lowest BCUT2D eigenvalue weighted by Gasteiger charge is -2.33. The molecule has 3 heterocycles. The number of likely N-dealkylation sites (tertiary alicyclic amines) is 1. The van der Waals surface area contributed by atoms with Crippen LogP contribution in [0.1, 0.15) is 43.4 Å². The van der Waals surface area contributed by atoms with E-state index in [1.54, 1.807) is 24.5 Å². The van der Waals surface area contributed by atoms with Crippen molar-refractivity contribution in [2.45, 2.75) is 50.9 Å². The zero-order valence-corrected chi connectivity index (χ0v) is 19.3. The van der Waals surface area contributed by atoms with Crippen molar-refractivity contribution < 1.29 is 18.8 Å². The van der Waals surface area contributed by atoms with Crippen LogP contribution < -0.4 is 10.8 Å². The largest absolute Gasteiger partial charge is 0.365 e. The molecule has 0 spiro atoms. The number of piperidine rings is 1. The molecule has 2 N–H and O–H groups in total. The third-order valence-electron chi connectivity index (χ3n) is 6.02. The summed E-state index contributed by atoms with van der Waals surface area (Å²) in [7, 11) is 0. The van der Waals surface area contributed by atoms with E-state index in [-0.39, 0.29) is 24.1 Å². The summed E-state index contributed by atoms with van der Waals surface area (Å²) in [5.74, 6) is 0.179. The van der Waals surface area contributed by atoms with Crippen LogP contribution in [0.5, 0.6) is 0 Å². The molecule has 0 bridgehead atoms. The first-order valence-electron chi connectivity index (χ1n) is 12.0. The number of aromatic nitrogens is 2. The molecule has 8 nitrogen and oxygen atoms in total. The van der Waals surface area contributed by atoms with E-state index in [1.165, 1.54) is 12.1 Å². The predicted molar refractivity (Wildman–Crippen MR) is 127 cm³/mol. The van der Waals surface area contributed by atoms with Crippen molar-refractivity contribution in [2.75, 3.05) is 31.6 Å². The van der Waals surface area contributed by atoms with Gasteiger partial charge >= 0.3 is 0 Å². The van der Waals surface area contributed by atoms with Crippen molar-refractivity contribution in [2.24, 2.45) is 0 Å². The minimum absolute atomic E-state index is 0.137. The number of benzene rings is 1. The van der Waals surface area contributed by atoms with Crippen molar-refractivity contribution in [3.63, 3.8) is 0 Å². The maximum atomic E-state index is 13.9. The predicted octanol–water partition coefficient (Wildman–Crippen LogP) is 3.32. The van der Waals surface area contributed by atoms with Gasteiger partial charge in [-0.2, -0.15) is 0 Å². The number of hydroxylamine groups is 1. The molecule has 0 saturated carbocycles. The molecule has 1 aromatic carbocycles. The Bertz CT molecular complexity index is 950. The van der Waals surface area contributed by atoms with Crippen LogP contribution in [0.25, 0.3) is 6.08 Å². The van der Waals surface area contributed by atoms with Crippen LogP contribution in [0.4, 0.5) is 10.2 Å². The SMILES string of the molecule is O=C(/C=C/c1cnc(N[C@@H]2CCCN(CCc3ccccc3F)C2)cn1)NOC1CCCCO1. The molecular weight excluding hydrogens is 437 g/mol. The van der Waals surface area contributed by atoms with Crippen LogP contribution in [0.15, 0.2) is 42.7 Å². The summed E-state index contributed by atoms with van der Waals surface area (Å²) in [6.07, 6.45) is 11.5. The Kier molecular flexibility index (Phi) is 8.95. The van der Waals surface area contributed by atoms with E-state index in [9.17, 15) is 9.18 Å². The highest BCUT2D eigenvalue weighted by atomic mass is 19.1. The zero-order valence-electron chi connectivity index (χ0n) is 19.3. The molecule has 4 rings (SSSR count). The van der Waals surface area contributed by atoms with E-state index in [1.807, 2.05) is 12.1 Å². The fourth-order valence-electron chi connectivity index (χ4n) is 4.19. The summed E-state index contributed by atoms with van der Waals surface area (Å²) >= 11 is 0. The number of nitrogens with one attached hydrogen (secondary N) is 2. The molecule has 2 aromatic rings. The summed E-state index contributed by atoms with van der Waals surface area (Å²) < 4.78 is 19.3. The van der Waals surface area contributed by atoms with Gasteiger partial charge in [-0.1, -0.05) is 18.2 Å². The second-order valence-electron chi connectivity index (χ2n) is 8.67. The van der Waals surface area contributed by atoms with Crippen LogP contribution in [0, 0.1) is 5.82 Å². The lowest BCUT2D eigenvalue weighted by molar-refractivity contribution is -0.198. The Morgan fingerprint density at radius 3 is 2.91 bits per heavy atom. The first-order valence-corrected chi connectivity index (χ1v) is 12.0. The molecule has 2 aliphatic rings. The minimum atomic E-state index is -0.383. The Morgan fingerprint density at radius 2 is 2.12 bits per heavy atom. The number of carbonyl (C=O) groups is 1. The van der Waals surface area contributed by atoms with Crippen molar-refractivity contribution in [3.8, 4) is 0 Å². The Hall–Kier alpha value is -2.88. The topological polar surface area (TPSA) is 88.6 Å². The van der Waals surface area contributed by atoms with Crippen molar-refractivity contribution >= 4 is 17.8 Å². The van der Waals surface area contributed by atoms with Gasteiger partial charge in [0.1, 0.15) is 11.6 Å². The zero-order chi connectivity index (χ0) is 23.6. The highest BCUT2D eigenvalue weighted by Crippen LogP contribution is 2.16. The average Bonchev–Trinajstić information content (AvgIpc) is 2.87. The van der Waals surface area contributed by atoms with Crippen LogP contribution in [-0.4, -0.2) is 59.3 Å². The molecule has 2 fully saturated rings. The number of anilines is 1. The summed E-state index contributed by atoms with van der Waals surface area (Å²) in [4.78, 5) is 28.3. The van der Waals surface area contributed by atoms with E-state index in [0.717, 1.165) is 57.3 Å². The Balaban J connectivity index is 1.20. The third kappa shape index (κ3) is 7.58. The van der Waals surface area contributed by atoms with Crippen molar-refractivity contribution in [1.82, 2.24) is 20.3 Å². The number of hydrogen-bond donors (Lipinski definition) is 2. The van der Waals surface area contributed by atoms with Gasteiger partial charge in [0.05, 0.1) is 18.1 Å². The maximum absolute atomic E-state index is 13.9. The number of carbonyl (C=O) groups excluding carboxylic acids is 1. The number of halogens is 1. The molecule has 2 aliphatic heterocycles. The average molecular weight is 470 g/mol. The third-order valence-corrected chi connectivity index (χ3v) is 6.02. The quantitative estimate of drug-likeness (QED) is 0.430. The van der Waals surface area contributed by atoms with Gasteiger partial charge in [-0.15, -0.1) is 0 Å². The highest BCUT2D eigenvalue weighted by molar-refractivity contribution is 5.90. The number of ether oxygens (including phenoxy) is 1. The van der Waals surface area contributed by atoms with Crippen LogP contribution in [0.2, 0.25) is 0 Å². The van der Waals surface area contributed by atoms with Gasteiger partial charge in [0.15, 0.2) is 6.29 Å². The fourth-order valence-corrected chi connectivity index (χ4v) is 4.19. The second kappa shape index (κ2) is 12.5. The van der Waals surface area contributed by atoms with Gasteiger partial charge in [0, 0.05) is 38.2 Å². The number of nitrogens with zero attached hydrogens (tertiary/aromatic N) is 3. The summed E-state index contributed by atoms with van der Waals surface area (Å²) in [5, 5.41) is 3.44. The van der Waals surface area contributed by atoms with Gasteiger partial charge in [-0.25, -0.2) is 19.7 Å². The van der Waals surface area contributed by atoms with Crippen LogP contribution >= 0.6 is 0 Å². The van der Waals surface area contributed by atoms with Gasteiger partial charge in [0.25, 0.3) is 5.91 Å². The monoisotopic (exact) mass is 469 g/mol. The Morgan fingerprint density at radius 1 is 1.21 bits per heavy atom. The second-order valence-corrected chi connectivity index (χ2v) is 8.67. The molecule has 1 aromatic heterocycles. The molecule has 1 unspecified atom stereocenters. The molecule has 2 atom stereocenters. The number of hydrogen-bond acceptors (Lipinski definition) is 7. The normalized spacial score (nSPS) is 21.4. The standard InChI is InChI=1S/C25H32FN5O3/c26-22-8-2-1-6-19(22)12-14-31-13-5-7-21(18-31)29-23-17-27-20(16-28-23)10-11-24(32)30-34-25-9-3-4-15-33-25/h1-2,6,8,10-11,16-17,21,25H,3-5,7,9,12-15,18H2,(H,28,29)(H,30,32)/b11-10+/t21-,25?/m1/s1. The maximum Gasteiger partial charge on any atom is 0.267 e. The molecule has 0 aliphatic carbocycles. The van der Waals surface area contributed by atoms with Crippen molar-refractivity contribution in [1.29, 1.82) is 0 Å². The van der Waals surface area contributed by atoms with Crippen LogP contribution in [-0.2, 0) is 20.8 Å². The van der Waals surface area contributed by atoms with E-state index in [4.69, 9.17) is 9.57 Å². The lowest BCUT2D eigenvalue weighted by atomic mass is 10.0. The fraction of sp³-hybridized carbons (Fsp3) is 0.480. The van der Waals surface area contributed by atoms with Gasteiger partial charge < -0.3 is 15.0 Å². The van der Waals surface area contributed by atoms with Gasteiger partial charge in [-0.05, 0) is 56.4 Å². The Labute approximate surface area is 199 Å². The number of amides is 1. The minimum Gasteiger partial charge on any atom is -0.365 e. The molecule has 182 valence electrons. The summed E-state index contributed by atoms with van der Waals surface area (Å²) in [5.41, 5.74) is 3.71. The summed E-state index contributed by atoms with van der Waals surface area (Å²) in [6, 6.07) is 7.22. The highest BCUT2D eigenvalue weighted by Gasteiger charge is 2.20. The first kappa shape index (κ1) is 24.3. The lowest BCUT2D eigenvalue weighted by Crippen LogP contribution is -2.43. The molecule has 2 saturated heterocycles. The smallest absolute Gasteiger partial charge is 0.267 e. The van der Waals surface area contributed by atoms with E-state index < -0.39 is 0 Å². The summed E-state index contributed by atoms with van der Waals surface area (Å²) in [6.45, 7) is 3.37. The molecular formula is C25H32FN5O3. The molecule has 1 amide bonds. The number of rotatable bonds is 9. The van der Waals surface area contributed by atoms with Gasteiger partial charge in [0.2, 0.25) is 0 Å². The van der Waals surface area contributed by atoms with Gasteiger partial charge in [-0.3, -0.25) is 9.78 Å². The molecule has 9 heteroatoms. The van der Waals surface area contributed by atoms with E-state index in [0.29, 0.717) is 24.5 Å². The molecule has 0 radical (unpaired) electrons. The van der Waals surface area contributed by atoms with Crippen molar-refractivity contribution in [3.05, 3.63) is 59.8 Å². The van der Waals surface area contributed by atoms with E-state index >= 15 is 0 Å². The molecule has 34 heavy (non-hydrogen) atoms. The first-order chi connectivity index (χ1) is 16.7. The van der Waals surface area contributed by atoms with Crippen LogP contribution in [0.3, 0.4) is 0 Å². The van der Waals surface area contributed by atoms with E-state index in [2.05, 4.69) is 25.7 Å².